The summed E-state index contributed by atoms with van der Waals surface area (Å²) in [6.07, 6.45) is 1.29. The van der Waals surface area contributed by atoms with Crippen molar-refractivity contribution in [1.82, 2.24) is 5.32 Å². The zero-order valence-electron chi connectivity index (χ0n) is 12.4. The lowest BCUT2D eigenvalue weighted by Crippen LogP contribution is -2.30. The molecule has 126 valence electrons. The third-order valence-corrected chi connectivity index (χ3v) is 4.01. The second-order valence-corrected chi connectivity index (χ2v) is 5.92. The Kier molecular flexibility index (Phi) is 4.43. The van der Waals surface area contributed by atoms with Crippen LogP contribution in [-0.4, -0.2) is 16.9 Å². The van der Waals surface area contributed by atoms with Crippen LogP contribution in [0.15, 0.2) is 48.2 Å². The van der Waals surface area contributed by atoms with Gasteiger partial charge in [-0.2, -0.15) is 0 Å². The van der Waals surface area contributed by atoms with Crippen LogP contribution in [-0.2, 0) is 4.79 Å². The van der Waals surface area contributed by atoms with E-state index < -0.39 is 16.9 Å². The van der Waals surface area contributed by atoms with Gasteiger partial charge in [0.05, 0.1) is 10.6 Å². The number of nitro groups is 1. The third-order valence-electron chi connectivity index (χ3n) is 3.43. The van der Waals surface area contributed by atoms with E-state index in [9.17, 15) is 19.7 Å². The molecule has 0 radical (unpaired) electrons. The Labute approximate surface area is 151 Å². The second-order valence-electron chi connectivity index (χ2n) is 5.07. The van der Waals surface area contributed by atoms with Gasteiger partial charge in [0.25, 0.3) is 11.6 Å². The summed E-state index contributed by atoms with van der Waals surface area (Å²) in [5.74, 6) is -0.616. The number of rotatable bonds is 3. The summed E-state index contributed by atoms with van der Waals surface area (Å²) in [4.78, 5) is 35.9. The number of nitro benzene ring substituents is 1. The highest BCUT2D eigenvalue weighted by molar-refractivity contribution is 6.33. The number of carbonyl (C=O) groups excluding carboxylic acids is 2. The number of hydrogen-bond acceptors (Lipinski definition) is 4. The Hall–Kier alpha value is -2.90. The van der Waals surface area contributed by atoms with Crippen molar-refractivity contribution in [3.05, 3.63) is 73.9 Å². The molecule has 1 N–H and O–H groups in total. The van der Waals surface area contributed by atoms with Crippen LogP contribution in [0.5, 0.6) is 0 Å². The number of hydrogen-bond donors (Lipinski definition) is 1. The first-order valence-electron chi connectivity index (χ1n) is 6.93. The monoisotopic (exact) mass is 377 g/mol. The minimum absolute atomic E-state index is 0.0487. The topological polar surface area (TPSA) is 92.5 Å². The van der Waals surface area contributed by atoms with Crippen LogP contribution in [0.25, 0.3) is 6.08 Å². The molecule has 1 aliphatic heterocycles. The number of non-ortho nitro benzene ring substituents is 1. The summed E-state index contributed by atoms with van der Waals surface area (Å²) < 4.78 is 0. The zero-order valence-corrected chi connectivity index (χ0v) is 13.9. The van der Waals surface area contributed by atoms with Gasteiger partial charge < -0.3 is 5.32 Å². The van der Waals surface area contributed by atoms with Gasteiger partial charge in [0, 0.05) is 27.7 Å². The second kappa shape index (κ2) is 6.54. The molecule has 2 aromatic carbocycles. The van der Waals surface area contributed by atoms with Crippen molar-refractivity contribution in [2.45, 2.75) is 0 Å². The normalized spacial score (nSPS) is 15.6. The zero-order chi connectivity index (χ0) is 18.1. The van der Waals surface area contributed by atoms with Crippen LogP contribution < -0.4 is 10.2 Å². The summed E-state index contributed by atoms with van der Waals surface area (Å²) >= 11 is 11.9. The highest BCUT2D eigenvalue weighted by Crippen LogP contribution is 2.28. The van der Waals surface area contributed by atoms with Gasteiger partial charge in [0.15, 0.2) is 0 Å². The smallest absolute Gasteiger partial charge is 0.302 e. The van der Waals surface area contributed by atoms with Crippen LogP contribution in [0.1, 0.15) is 5.56 Å². The van der Waals surface area contributed by atoms with Gasteiger partial charge in [-0.15, -0.1) is 0 Å². The average molecular weight is 378 g/mol. The van der Waals surface area contributed by atoms with Gasteiger partial charge in [0.1, 0.15) is 5.70 Å². The molecule has 0 saturated carbocycles. The van der Waals surface area contributed by atoms with Crippen molar-refractivity contribution in [3.8, 4) is 0 Å². The number of nitrogens with zero attached hydrogens (tertiary/aromatic N) is 2. The van der Waals surface area contributed by atoms with Gasteiger partial charge in [0.2, 0.25) is 0 Å². The number of anilines is 1. The minimum atomic E-state index is -0.653. The fraction of sp³-hybridized carbons (Fsp3) is 0. The van der Waals surface area contributed by atoms with E-state index in [1.165, 1.54) is 30.3 Å². The molecule has 1 saturated heterocycles. The fourth-order valence-electron chi connectivity index (χ4n) is 2.30. The molecule has 0 unspecified atom stereocenters. The number of halogens is 2. The van der Waals surface area contributed by atoms with Gasteiger partial charge in [-0.05, 0) is 30.3 Å². The number of benzene rings is 2. The predicted octanol–water partition coefficient (Wildman–Crippen LogP) is 4.00. The van der Waals surface area contributed by atoms with Crippen molar-refractivity contribution >= 4 is 52.6 Å². The van der Waals surface area contributed by atoms with Crippen LogP contribution in [0.2, 0.25) is 10.0 Å². The van der Waals surface area contributed by atoms with Crippen molar-refractivity contribution < 1.29 is 14.5 Å². The lowest BCUT2D eigenvalue weighted by Gasteiger charge is -2.11. The molecule has 25 heavy (non-hydrogen) atoms. The molecular formula is C16H9Cl2N3O4. The van der Waals surface area contributed by atoms with Crippen LogP contribution in [0.3, 0.4) is 0 Å². The summed E-state index contributed by atoms with van der Waals surface area (Å²) in [5.41, 5.74) is 0.322. The molecule has 0 atom stereocenters. The Morgan fingerprint density at radius 2 is 1.88 bits per heavy atom. The molecule has 3 amide bonds. The maximum absolute atomic E-state index is 12.5. The van der Waals surface area contributed by atoms with E-state index in [0.717, 1.165) is 4.90 Å². The number of urea groups is 1. The minimum Gasteiger partial charge on any atom is -0.302 e. The average Bonchev–Trinajstić information content (AvgIpc) is 2.83. The molecule has 0 aromatic heterocycles. The highest BCUT2D eigenvalue weighted by Gasteiger charge is 2.35. The van der Waals surface area contributed by atoms with E-state index in [4.69, 9.17) is 23.2 Å². The molecule has 9 heteroatoms. The van der Waals surface area contributed by atoms with Crippen molar-refractivity contribution in [1.29, 1.82) is 0 Å². The summed E-state index contributed by atoms with van der Waals surface area (Å²) in [7, 11) is 0. The molecule has 0 aliphatic carbocycles. The first kappa shape index (κ1) is 16.9. The fourth-order valence-corrected chi connectivity index (χ4v) is 2.65. The van der Waals surface area contributed by atoms with E-state index in [0.29, 0.717) is 10.7 Å². The van der Waals surface area contributed by atoms with Gasteiger partial charge >= 0.3 is 6.03 Å². The van der Waals surface area contributed by atoms with E-state index in [1.807, 2.05) is 0 Å². The SMILES string of the molecule is O=C1NC(=Cc2cc([N+](=O)[O-])ccc2Cl)C(=O)N1c1cccc(Cl)c1. The van der Waals surface area contributed by atoms with Gasteiger partial charge in [-0.1, -0.05) is 29.3 Å². The first-order valence-corrected chi connectivity index (χ1v) is 7.69. The summed E-state index contributed by atoms with van der Waals surface area (Å²) in [6.45, 7) is 0. The Morgan fingerprint density at radius 3 is 2.56 bits per heavy atom. The van der Waals surface area contributed by atoms with Gasteiger partial charge in [-0.25, -0.2) is 9.69 Å². The lowest BCUT2D eigenvalue weighted by molar-refractivity contribution is -0.384. The molecule has 0 bridgehead atoms. The summed E-state index contributed by atoms with van der Waals surface area (Å²) in [5, 5.41) is 13.9. The Bertz CT molecular complexity index is 943. The molecule has 2 aromatic rings. The molecule has 1 heterocycles. The van der Waals surface area contributed by atoms with Crippen molar-refractivity contribution in [2.75, 3.05) is 4.90 Å². The summed E-state index contributed by atoms with van der Waals surface area (Å²) in [6, 6.07) is 9.42. The van der Waals surface area contributed by atoms with E-state index >= 15 is 0 Å². The first-order chi connectivity index (χ1) is 11.9. The maximum Gasteiger partial charge on any atom is 0.333 e. The van der Waals surface area contributed by atoms with Crippen molar-refractivity contribution in [2.24, 2.45) is 0 Å². The van der Waals surface area contributed by atoms with Gasteiger partial charge in [-0.3, -0.25) is 14.9 Å². The molecule has 1 fully saturated rings. The Morgan fingerprint density at radius 1 is 1.12 bits per heavy atom. The largest absolute Gasteiger partial charge is 0.333 e. The number of nitrogens with one attached hydrogen (secondary N) is 1. The predicted molar refractivity (Wildman–Crippen MR) is 93.6 cm³/mol. The maximum atomic E-state index is 12.5. The molecule has 7 nitrogen and oxygen atoms in total. The van der Waals surface area contributed by atoms with E-state index in [1.54, 1.807) is 18.2 Å². The number of carbonyl (C=O) groups is 2. The van der Waals surface area contributed by atoms with Crippen LogP contribution in [0.4, 0.5) is 16.2 Å². The Balaban J connectivity index is 1.99. The van der Waals surface area contributed by atoms with Crippen LogP contribution >= 0.6 is 23.2 Å². The molecular weight excluding hydrogens is 369 g/mol. The quantitative estimate of drug-likeness (QED) is 0.378. The number of imide groups is 1. The lowest BCUT2D eigenvalue weighted by atomic mass is 10.1. The highest BCUT2D eigenvalue weighted by atomic mass is 35.5. The molecule has 0 spiro atoms. The van der Waals surface area contributed by atoms with E-state index in [2.05, 4.69) is 5.32 Å². The van der Waals surface area contributed by atoms with Crippen LogP contribution in [0, 0.1) is 10.1 Å². The third kappa shape index (κ3) is 3.33. The molecule has 3 rings (SSSR count). The van der Waals surface area contributed by atoms with Crippen molar-refractivity contribution in [3.63, 3.8) is 0 Å². The van der Waals surface area contributed by atoms with E-state index in [-0.39, 0.29) is 22.0 Å². The number of amides is 3. The standard InChI is InChI=1S/C16H9Cl2N3O4/c17-10-2-1-3-11(8-10)20-15(22)14(19-16(20)23)7-9-6-12(21(24)25)4-5-13(9)18/h1-8H,(H,19,23). The molecule has 1 aliphatic rings.